The Morgan fingerprint density at radius 1 is 1.35 bits per heavy atom. The number of carbonyl (C=O) groups is 1. The van der Waals surface area contributed by atoms with Crippen molar-refractivity contribution >= 4 is 16.2 Å². The largest absolute Gasteiger partial charge is 0.450 e. The van der Waals surface area contributed by atoms with E-state index in [1.807, 2.05) is 20.8 Å². The quantitative estimate of drug-likeness (QED) is 0.561. The van der Waals surface area contributed by atoms with Crippen LogP contribution in [-0.2, 0) is 14.9 Å². The Labute approximate surface area is 102 Å². The van der Waals surface area contributed by atoms with Gasteiger partial charge in [0.15, 0.2) is 0 Å². The average molecular weight is 267 g/mol. The van der Waals surface area contributed by atoms with Gasteiger partial charge in [-0.15, -0.1) is 0 Å². The van der Waals surface area contributed by atoms with Crippen LogP contribution in [0.3, 0.4) is 0 Å². The summed E-state index contributed by atoms with van der Waals surface area (Å²) < 4.78 is 34.1. The summed E-state index contributed by atoms with van der Waals surface area (Å²) >= 11 is 0. The lowest BCUT2D eigenvalue weighted by atomic mass is 9.93. The van der Waals surface area contributed by atoms with E-state index in [9.17, 15) is 13.2 Å². The van der Waals surface area contributed by atoms with Gasteiger partial charge >= 0.3 is 6.09 Å². The molecule has 0 aromatic carbocycles. The van der Waals surface area contributed by atoms with Crippen LogP contribution >= 0.6 is 0 Å². The second-order valence-electron chi connectivity index (χ2n) is 5.01. The lowest BCUT2D eigenvalue weighted by molar-refractivity contribution is 0.131. The molecule has 0 rings (SSSR count). The molecule has 0 unspecified atom stereocenters. The highest BCUT2D eigenvalue weighted by Crippen LogP contribution is 2.17. The van der Waals surface area contributed by atoms with E-state index in [1.54, 1.807) is 0 Å². The Kier molecular flexibility index (Phi) is 6.48. The number of ether oxygens (including phenoxy) is 1. The van der Waals surface area contributed by atoms with Crippen LogP contribution in [-0.4, -0.2) is 38.0 Å². The molecule has 7 heteroatoms. The molecule has 2 N–H and O–H groups in total. The molecule has 0 radical (unpaired) electrons. The van der Waals surface area contributed by atoms with Gasteiger partial charge in [0.25, 0.3) is 10.1 Å². The van der Waals surface area contributed by atoms with Gasteiger partial charge in [0.1, 0.15) is 0 Å². The molecule has 0 aliphatic carbocycles. The molecule has 0 saturated heterocycles. The maximum absolute atomic E-state index is 11.1. The Morgan fingerprint density at radius 2 is 1.94 bits per heavy atom. The van der Waals surface area contributed by atoms with Crippen LogP contribution in [0.25, 0.3) is 0 Å². The van der Waals surface area contributed by atoms with Crippen molar-refractivity contribution in [1.29, 1.82) is 0 Å². The molecule has 0 aromatic heterocycles. The standard InChI is InChI=1S/C10H21NO5S/c1-10(2,3)5-7-16-9(12)11-6-4-8-17(13,14)15/h4-8H2,1-3H3,(H,11,12)(H,13,14,15). The fourth-order valence-corrected chi connectivity index (χ4v) is 1.46. The van der Waals surface area contributed by atoms with E-state index in [1.165, 1.54) is 0 Å². The second-order valence-corrected chi connectivity index (χ2v) is 6.59. The monoisotopic (exact) mass is 267 g/mol. The van der Waals surface area contributed by atoms with E-state index < -0.39 is 16.2 Å². The lowest BCUT2D eigenvalue weighted by Crippen LogP contribution is -2.27. The molecule has 0 spiro atoms. The van der Waals surface area contributed by atoms with Gasteiger partial charge in [-0.1, -0.05) is 20.8 Å². The van der Waals surface area contributed by atoms with Crippen molar-refractivity contribution in [3.8, 4) is 0 Å². The highest BCUT2D eigenvalue weighted by molar-refractivity contribution is 7.85. The van der Waals surface area contributed by atoms with Crippen LogP contribution in [0.2, 0.25) is 0 Å². The van der Waals surface area contributed by atoms with Gasteiger partial charge in [-0.25, -0.2) is 4.79 Å². The Bertz CT molecular complexity index is 331. The third-order valence-electron chi connectivity index (χ3n) is 1.93. The Hall–Kier alpha value is -0.820. The molecule has 0 bridgehead atoms. The van der Waals surface area contributed by atoms with Crippen molar-refractivity contribution in [3.05, 3.63) is 0 Å². The first-order valence-electron chi connectivity index (χ1n) is 5.46. The van der Waals surface area contributed by atoms with Crippen LogP contribution in [0, 0.1) is 5.41 Å². The molecule has 0 aromatic rings. The van der Waals surface area contributed by atoms with Crippen LogP contribution in [0.15, 0.2) is 0 Å². The van der Waals surface area contributed by atoms with Gasteiger partial charge in [0.05, 0.1) is 12.4 Å². The van der Waals surface area contributed by atoms with Crippen molar-refractivity contribution in [1.82, 2.24) is 5.32 Å². The normalized spacial score (nSPS) is 12.2. The summed E-state index contributed by atoms with van der Waals surface area (Å²) in [6.45, 7) is 6.61. The van der Waals surface area contributed by atoms with Crippen molar-refractivity contribution in [2.75, 3.05) is 18.9 Å². The van der Waals surface area contributed by atoms with E-state index in [2.05, 4.69) is 5.32 Å². The van der Waals surface area contributed by atoms with Gasteiger partial charge in [0.2, 0.25) is 0 Å². The molecule has 0 aliphatic heterocycles. The minimum Gasteiger partial charge on any atom is -0.450 e. The van der Waals surface area contributed by atoms with Crippen LogP contribution in [0.4, 0.5) is 4.79 Å². The van der Waals surface area contributed by atoms with Crippen molar-refractivity contribution in [2.24, 2.45) is 5.41 Å². The highest BCUT2D eigenvalue weighted by Gasteiger charge is 2.11. The summed E-state index contributed by atoms with van der Waals surface area (Å²) in [5.74, 6) is -0.366. The predicted octanol–water partition coefficient (Wildman–Crippen LogP) is 1.43. The van der Waals surface area contributed by atoms with Crippen LogP contribution < -0.4 is 5.32 Å². The summed E-state index contributed by atoms with van der Waals surface area (Å²) in [6.07, 6.45) is 0.350. The maximum Gasteiger partial charge on any atom is 0.407 e. The fourth-order valence-electron chi connectivity index (χ4n) is 0.946. The number of hydrogen-bond donors (Lipinski definition) is 2. The van der Waals surface area contributed by atoms with E-state index in [0.29, 0.717) is 6.61 Å². The number of nitrogens with one attached hydrogen (secondary N) is 1. The fraction of sp³-hybridized carbons (Fsp3) is 0.900. The van der Waals surface area contributed by atoms with Crippen LogP contribution in [0.1, 0.15) is 33.6 Å². The van der Waals surface area contributed by atoms with Gasteiger partial charge in [-0.2, -0.15) is 8.42 Å². The maximum atomic E-state index is 11.1. The summed E-state index contributed by atoms with van der Waals surface area (Å²) in [7, 11) is -3.95. The van der Waals surface area contributed by atoms with Crippen molar-refractivity contribution in [2.45, 2.75) is 33.6 Å². The smallest absolute Gasteiger partial charge is 0.407 e. The third kappa shape index (κ3) is 13.1. The van der Waals surface area contributed by atoms with Gasteiger partial charge in [-0.3, -0.25) is 4.55 Å². The minimum atomic E-state index is -3.95. The molecule has 0 aliphatic rings. The molecule has 0 fully saturated rings. The average Bonchev–Trinajstić information content (AvgIpc) is 2.09. The topological polar surface area (TPSA) is 92.7 Å². The number of carbonyl (C=O) groups excluding carboxylic acids is 1. The molecular weight excluding hydrogens is 246 g/mol. The number of alkyl carbamates (subject to hydrolysis) is 1. The number of rotatable bonds is 6. The van der Waals surface area contributed by atoms with E-state index in [-0.39, 0.29) is 24.1 Å². The molecule has 1 amide bonds. The Balaban J connectivity index is 3.55. The van der Waals surface area contributed by atoms with Gasteiger partial charge in [0, 0.05) is 6.54 Å². The van der Waals surface area contributed by atoms with E-state index in [0.717, 1.165) is 6.42 Å². The number of amides is 1. The molecule has 0 saturated carbocycles. The summed E-state index contributed by atoms with van der Waals surface area (Å²) in [6, 6.07) is 0. The van der Waals surface area contributed by atoms with E-state index >= 15 is 0 Å². The Morgan fingerprint density at radius 3 is 2.41 bits per heavy atom. The zero-order valence-electron chi connectivity index (χ0n) is 10.5. The second kappa shape index (κ2) is 6.80. The van der Waals surface area contributed by atoms with Crippen molar-refractivity contribution < 1.29 is 22.5 Å². The number of hydrogen-bond acceptors (Lipinski definition) is 4. The molecule has 102 valence electrons. The summed E-state index contributed by atoms with van der Waals surface area (Å²) in [5.41, 5.74) is 0.102. The zero-order chi connectivity index (χ0) is 13.5. The molecule has 17 heavy (non-hydrogen) atoms. The van der Waals surface area contributed by atoms with Crippen LogP contribution in [0.5, 0.6) is 0 Å². The first kappa shape index (κ1) is 16.2. The zero-order valence-corrected chi connectivity index (χ0v) is 11.3. The predicted molar refractivity (Wildman–Crippen MR) is 64.5 cm³/mol. The summed E-state index contributed by atoms with van der Waals surface area (Å²) in [5, 5.41) is 2.40. The molecule has 0 heterocycles. The highest BCUT2D eigenvalue weighted by atomic mass is 32.2. The summed E-state index contributed by atoms with van der Waals surface area (Å²) in [4.78, 5) is 11.1. The third-order valence-corrected chi connectivity index (χ3v) is 2.74. The van der Waals surface area contributed by atoms with Crippen molar-refractivity contribution in [3.63, 3.8) is 0 Å². The lowest BCUT2D eigenvalue weighted by Gasteiger charge is -2.17. The first-order valence-corrected chi connectivity index (χ1v) is 7.07. The molecule has 6 nitrogen and oxygen atoms in total. The SMILES string of the molecule is CC(C)(C)CCOC(=O)NCCCS(=O)(=O)O. The minimum absolute atomic E-state index is 0.102. The van der Waals surface area contributed by atoms with Gasteiger partial charge < -0.3 is 10.1 Å². The van der Waals surface area contributed by atoms with Gasteiger partial charge in [-0.05, 0) is 18.3 Å². The van der Waals surface area contributed by atoms with E-state index in [4.69, 9.17) is 9.29 Å². The first-order chi connectivity index (χ1) is 7.60. The molecular formula is C10H21NO5S. The molecule has 0 atom stereocenters.